The molecule has 0 aliphatic carbocycles. The van der Waals surface area contributed by atoms with Gasteiger partial charge in [-0.15, -0.1) is 0 Å². The lowest BCUT2D eigenvalue weighted by atomic mass is 10.3. The molecule has 1 aliphatic heterocycles. The molecule has 2 atom stereocenters. The van der Waals surface area contributed by atoms with E-state index in [-0.39, 0.29) is 12.2 Å². The SMILES string of the molecule is CCNc1nc(OC)nc(N2CC(OC)C(OC)C2)n1. The summed E-state index contributed by atoms with van der Waals surface area (Å²) in [7, 11) is 4.89. The molecule has 8 nitrogen and oxygen atoms in total. The first-order valence-electron chi connectivity index (χ1n) is 6.56. The number of rotatable bonds is 6. The van der Waals surface area contributed by atoms with Gasteiger partial charge in [-0.05, 0) is 6.92 Å². The molecule has 2 rings (SSSR count). The first-order chi connectivity index (χ1) is 9.71. The molecule has 2 heterocycles. The fourth-order valence-corrected chi connectivity index (χ4v) is 2.18. The number of hydrogen-bond acceptors (Lipinski definition) is 8. The first-order valence-corrected chi connectivity index (χ1v) is 6.56. The van der Waals surface area contributed by atoms with Gasteiger partial charge in [0, 0.05) is 33.9 Å². The molecule has 0 bridgehead atoms. The lowest BCUT2D eigenvalue weighted by Crippen LogP contribution is -2.27. The molecule has 2 unspecified atom stereocenters. The van der Waals surface area contributed by atoms with Crippen LogP contribution in [0.25, 0.3) is 0 Å². The molecular formula is C12H21N5O3. The quantitative estimate of drug-likeness (QED) is 0.791. The number of methoxy groups -OCH3 is 3. The van der Waals surface area contributed by atoms with E-state index in [1.54, 1.807) is 14.2 Å². The van der Waals surface area contributed by atoms with Gasteiger partial charge < -0.3 is 24.4 Å². The minimum atomic E-state index is 0.00495. The number of aromatic nitrogens is 3. The molecular weight excluding hydrogens is 262 g/mol. The second-order valence-electron chi connectivity index (χ2n) is 4.43. The van der Waals surface area contributed by atoms with Crippen LogP contribution in [0.4, 0.5) is 11.9 Å². The van der Waals surface area contributed by atoms with Crippen LogP contribution in [0.1, 0.15) is 6.92 Å². The van der Waals surface area contributed by atoms with Crippen LogP contribution in [-0.4, -0.2) is 68.1 Å². The van der Waals surface area contributed by atoms with Crippen LogP contribution in [0.15, 0.2) is 0 Å². The van der Waals surface area contributed by atoms with Crippen molar-refractivity contribution in [3.05, 3.63) is 0 Å². The van der Waals surface area contributed by atoms with Gasteiger partial charge in [0.15, 0.2) is 0 Å². The van der Waals surface area contributed by atoms with E-state index in [2.05, 4.69) is 20.3 Å². The molecule has 0 amide bonds. The van der Waals surface area contributed by atoms with Crippen LogP contribution in [0, 0.1) is 0 Å². The summed E-state index contributed by atoms with van der Waals surface area (Å²) in [6, 6.07) is 0.292. The average Bonchev–Trinajstić information content (AvgIpc) is 2.90. The zero-order chi connectivity index (χ0) is 14.5. The molecule has 1 fully saturated rings. The van der Waals surface area contributed by atoms with Crippen molar-refractivity contribution in [1.82, 2.24) is 15.0 Å². The standard InChI is InChI=1S/C12H21N5O3/c1-5-13-10-14-11(16-12(15-10)20-4)17-6-8(18-2)9(7-17)19-3/h8-9H,5-7H2,1-4H3,(H,13,14,15,16). The van der Waals surface area contributed by atoms with E-state index in [9.17, 15) is 0 Å². The Hall–Kier alpha value is -1.67. The molecule has 1 saturated heterocycles. The normalized spacial score (nSPS) is 22.1. The number of ether oxygens (including phenoxy) is 3. The number of nitrogens with one attached hydrogen (secondary N) is 1. The van der Waals surface area contributed by atoms with E-state index in [0.717, 1.165) is 6.54 Å². The van der Waals surface area contributed by atoms with Gasteiger partial charge in [-0.3, -0.25) is 0 Å². The van der Waals surface area contributed by atoms with Gasteiger partial charge in [0.1, 0.15) is 12.2 Å². The Balaban J connectivity index is 2.21. The Morgan fingerprint density at radius 1 is 1.10 bits per heavy atom. The smallest absolute Gasteiger partial charge is 0.322 e. The molecule has 112 valence electrons. The summed E-state index contributed by atoms with van der Waals surface area (Å²) in [5, 5.41) is 3.07. The average molecular weight is 283 g/mol. The molecule has 0 radical (unpaired) electrons. The van der Waals surface area contributed by atoms with Crippen LogP contribution >= 0.6 is 0 Å². The van der Waals surface area contributed by atoms with Gasteiger partial charge in [-0.1, -0.05) is 0 Å². The molecule has 20 heavy (non-hydrogen) atoms. The molecule has 1 aromatic rings. The van der Waals surface area contributed by atoms with Crippen molar-refractivity contribution in [2.45, 2.75) is 19.1 Å². The Kier molecular flexibility index (Phi) is 4.91. The Morgan fingerprint density at radius 2 is 1.75 bits per heavy atom. The molecule has 1 aliphatic rings. The zero-order valence-electron chi connectivity index (χ0n) is 12.3. The minimum absolute atomic E-state index is 0.00495. The predicted octanol–water partition coefficient (Wildman–Crippen LogP) is 0.162. The third-order valence-electron chi connectivity index (χ3n) is 3.22. The second kappa shape index (κ2) is 6.67. The maximum absolute atomic E-state index is 5.42. The van der Waals surface area contributed by atoms with Crippen molar-refractivity contribution in [1.29, 1.82) is 0 Å². The molecule has 1 N–H and O–H groups in total. The highest BCUT2D eigenvalue weighted by atomic mass is 16.5. The summed E-state index contributed by atoms with van der Waals surface area (Å²) < 4.78 is 15.9. The van der Waals surface area contributed by atoms with E-state index in [0.29, 0.717) is 31.0 Å². The van der Waals surface area contributed by atoms with Gasteiger partial charge in [-0.2, -0.15) is 15.0 Å². The lowest BCUT2D eigenvalue weighted by molar-refractivity contribution is -0.00461. The maximum atomic E-state index is 5.42. The first kappa shape index (κ1) is 14.7. The lowest BCUT2D eigenvalue weighted by Gasteiger charge is -2.16. The van der Waals surface area contributed by atoms with Gasteiger partial charge in [0.25, 0.3) is 0 Å². The fourth-order valence-electron chi connectivity index (χ4n) is 2.18. The molecule has 0 spiro atoms. The van der Waals surface area contributed by atoms with Crippen LogP contribution < -0.4 is 15.0 Å². The fraction of sp³-hybridized carbons (Fsp3) is 0.750. The summed E-state index contributed by atoms with van der Waals surface area (Å²) in [4.78, 5) is 14.8. The van der Waals surface area contributed by atoms with Gasteiger partial charge in [0.05, 0.1) is 7.11 Å². The Bertz CT molecular complexity index is 433. The summed E-state index contributed by atoms with van der Waals surface area (Å²) in [5.41, 5.74) is 0. The van der Waals surface area contributed by atoms with Crippen molar-refractivity contribution in [2.75, 3.05) is 51.2 Å². The van der Waals surface area contributed by atoms with E-state index in [1.165, 1.54) is 7.11 Å². The van der Waals surface area contributed by atoms with Crippen molar-refractivity contribution in [3.8, 4) is 6.01 Å². The molecule has 8 heteroatoms. The third-order valence-corrected chi connectivity index (χ3v) is 3.22. The van der Waals surface area contributed by atoms with E-state index >= 15 is 0 Å². The maximum Gasteiger partial charge on any atom is 0.322 e. The van der Waals surface area contributed by atoms with Gasteiger partial charge >= 0.3 is 6.01 Å². The Labute approximate surface area is 118 Å². The van der Waals surface area contributed by atoms with E-state index in [4.69, 9.17) is 14.2 Å². The van der Waals surface area contributed by atoms with Crippen LogP contribution in [-0.2, 0) is 9.47 Å². The van der Waals surface area contributed by atoms with Crippen LogP contribution in [0.5, 0.6) is 6.01 Å². The third kappa shape index (κ3) is 3.07. The van der Waals surface area contributed by atoms with Crippen LogP contribution in [0.3, 0.4) is 0 Å². The van der Waals surface area contributed by atoms with Gasteiger partial charge in [-0.25, -0.2) is 0 Å². The molecule has 0 aromatic carbocycles. The van der Waals surface area contributed by atoms with Crippen molar-refractivity contribution in [3.63, 3.8) is 0 Å². The largest absolute Gasteiger partial charge is 0.467 e. The highest BCUT2D eigenvalue weighted by Gasteiger charge is 2.34. The van der Waals surface area contributed by atoms with Crippen LogP contribution in [0.2, 0.25) is 0 Å². The molecule has 1 aromatic heterocycles. The monoisotopic (exact) mass is 283 g/mol. The number of anilines is 2. The number of nitrogens with zero attached hydrogens (tertiary/aromatic N) is 4. The topological polar surface area (TPSA) is 81.6 Å². The highest BCUT2D eigenvalue weighted by Crippen LogP contribution is 2.22. The predicted molar refractivity (Wildman–Crippen MR) is 74.3 cm³/mol. The van der Waals surface area contributed by atoms with Crippen molar-refractivity contribution < 1.29 is 14.2 Å². The van der Waals surface area contributed by atoms with E-state index < -0.39 is 0 Å². The zero-order valence-corrected chi connectivity index (χ0v) is 12.3. The minimum Gasteiger partial charge on any atom is -0.467 e. The Morgan fingerprint density at radius 3 is 2.25 bits per heavy atom. The summed E-state index contributed by atoms with van der Waals surface area (Å²) in [5.74, 6) is 1.07. The summed E-state index contributed by atoms with van der Waals surface area (Å²) >= 11 is 0. The summed E-state index contributed by atoms with van der Waals surface area (Å²) in [6.07, 6.45) is 0.00990. The van der Waals surface area contributed by atoms with Crippen molar-refractivity contribution in [2.24, 2.45) is 0 Å². The highest BCUT2D eigenvalue weighted by molar-refractivity contribution is 5.40. The van der Waals surface area contributed by atoms with Crippen molar-refractivity contribution >= 4 is 11.9 Å². The summed E-state index contributed by atoms with van der Waals surface area (Å²) in [6.45, 7) is 4.06. The van der Waals surface area contributed by atoms with E-state index in [1.807, 2.05) is 11.8 Å². The van der Waals surface area contributed by atoms with Gasteiger partial charge in [0.2, 0.25) is 11.9 Å². The molecule has 0 saturated carbocycles. The second-order valence-corrected chi connectivity index (χ2v) is 4.43. The number of hydrogen-bond donors (Lipinski definition) is 1.